The monoisotopic (exact) mass is 328 g/mol. The Morgan fingerprint density at radius 3 is 2.92 bits per heavy atom. The maximum atomic E-state index is 12.3. The highest BCUT2D eigenvalue weighted by Gasteiger charge is 2.30. The minimum Gasteiger partial charge on any atom is -0.331 e. The van der Waals surface area contributed by atoms with Crippen molar-refractivity contribution in [3.05, 3.63) is 41.2 Å². The number of hydrogen-bond donors (Lipinski definition) is 2. The highest BCUT2D eigenvalue weighted by molar-refractivity contribution is 5.74. The standard InChI is InChI=1S/C17H24N6O/c1-17(2)9-8-12-6-4-5-7-13(12)14(10-17)19-16(24)18-11-15-20-22-23(3)21-15/h4-7,14H,8-11H2,1-3H3,(H2,18,19,24)/t14-/m0/s1. The summed E-state index contributed by atoms with van der Waals surface area (Å²) in [6, 6.07) is 8.17. The summed E-state index contributed by atoms with van der Waals surface area (Å²) in [6.07, 6.45) is 3.08. The number of benzene rings is 1. The molecule has 2 N–H and O–H groups in total. The molecule has 0 aliphatic heterocycles. The van der Waals surface area contributed by atoms with Crippen LogP contribution in [0, 0.1) is 5.41 Å². The Kier molecular flexibility index (Phi) is 4.51. The average molecular weight is 328 g/mol. The third kappa shape index (κ3) is 3.90. The molecular formula is C17H24N6O. The normalized spacial score (nSPS) is 19.2. The van der Waals surface area contributed by atoms with E-state index in [0.29, 0.717) is 5.82 Å². The number of amides is 2. The quantitative estimate of drug-likeness (QED) is 0.845. The fourth-order valence-electron chi connectivity index (χ4n) is 3.23. The summed E-state index contributed by atoms with van der Waals surface area (Å²) in [5.41, 5.74) is 2.73. The van der Waals surface area contributed by atoms with Crippen molar-refractivity contribution in [2.24, 2.45) is 12.5 Å². The molecule has 0 saturated heterocycles. The Hall–Kier alpha value is -2.44. The van der Waals surface area contributed by atoms with E-state index in [9.17, 15) is 4.79 Å². The molecule has 0 radical (unpaired) electrons. The van der Waals surface area contributed by atoms with Gasteiger partial charge >= 0.3 is 6.03 Å². The van der Waals surface area contributed by atoms with E-state index < -0.39 is 0 Å². The molecular weight excluding hydrogens is 304 g/mol. The van der Waals surface area contributed by atoms with Crippen LogP contribution in [0.5, 0.6) is 0 Å². The van der Waals surface area contributed by atoms with Gasteiger partial charge < -0.3 is 10.6 Å². The van der Waals surface area contributed by atoms with Crippen LogP contribution in [0.1, 0.15) is 49.7 Å². The lowest BCUT2D eigenvalue weighted by atomic mass is 9.83. The number of aryl methyl sites for hydroxylation is 2. The molecule has 2 aromatic rings. The zero-order chi connectivity index (χ0) is 17.2. The third-order valence-corrected chi connectivity index (χ3v) is 4.52. The third-order valence-electron chi connectivity index (χ3n) is 4.52. The summed E-state index contributed by atoms with van der Waals surface area (Å²) in [5, 5.41) is 17.6. The smallest absolute Gasteiger partial charge is 0.315 e. The number of rotatable bonds is 3. The molecule has 1 atom stereocenters. The second-order valence-electron chi connectivity index (χ2n) is 7.14. The van der Waals surface area contributed by atoms with E-state index >= 15 is 0 Å². The van der Waals surface area contributed by atoms with Crippen LogP contribution in [0.3, 0.4) is 0 Å². The van der Waals surface area contributed by atoms with Gasteiger partial charge in [0.2, 0.25) is 0 Å². The van der Waals surface area contributed by atoms with Gasteiger partial charge in [-0.15, -0.1) is 10.2 Å². The van der Waals surface area contributed by atoms with Crippen LogP contribution in [0.2, 0.25) is 0 Å². The van der Waals surface area contributed by atoms with Crippen LogP contribution in [-0.4, -0.2) is 26.2 Å². The van der Waals surface area contributed by atoms with Gasteiger partial charge in [0, 0.05) is 0 Å². The number of aromatic nitrogens is 4. The van der Waals surface area contributed by atoms with Crippen LogP contribution in [0.15, 0.2) is 24.3 Å². The Balaban J connectivity index is 1.68. The second-order valence-corrected chi connectivity index (χ2v) is 7.14. The summed E-state index contributed by atoms with van der Waals surface area (Å²) in [4.78, 5) is 13.7. The molecule has 1 aliphatic carbocycles. The zero-order valence-corrected chi connectivity index (χ0v) is 14.4. The van der Waals surface area contributed by atoms with Gasteiger partial charge in [-0.3, -0.25) is 0 Å². The zero-order valence-electron chi connectivity index (χ0n) is 14.4. The van der Waals surface area contributed by atoms with Crippen molar-refractivity contribution in [3.63, 3.8) is 0 Å². The van der Waals surface area contributed by atoms with E-state index in [1.807, 2.05) is 6.07 Å². The van der Waals surface area contributed by atoms with Gasteiger partial charge in [0.25, 0.3) is 0 Å². The molecule has 128 valence electrons. The summed E-state index contributed by atoms with van der Waals surface area (Å²) in [6.45, 7) is 4.78. The predicted molar refractivity (Wildman–Crippen MR) is 90.1 cm³/mol. The molecule has 1 aliphatic rings. The molecule has 1 aromatic carbocycles. The van der Waals surface area contributed by atoms with E-state index in [2.05, 4.69) is 58.1 Å². The van der Waals surface area contributed by atoms with Crippen molar-refractivity contribution in [3.8, 4) is 0 Å². The topological polar surface area (TPSA) is 84.7 Å². The molecule has 2 amide bonds. The highest BCUT2D eigenvalue weighted by atomic mass is 16.2. The summed E-state index contributed by atoms with van der Waals surface area (Å²) < 4.78 is 0. The summed E-state index contributed by atoms with van der Waals surface area (Å²) >= 11 is 0. The number of hydrogen-bond acceptors (Lipinski definition) is 4. The van der Waals surface area contributed by atoms with Crippen molar-refractivity contribution in [1.82, 2.24) is 30.8 Å². The van der Waals surface area contributed by atoms with Crippen molar-refractivity contribution < 1.29 is 4.79 Å². The van der Waals surface area contributed by atoms with E-state index in [1.54, 1.807) is 7.05 Å². The average Bonchev–Trinajstić information content (AvgIpc) is 2.90. The van der Waals surface area contributed by atoms with Crippen LogP contribution < -0.4 is 10.6 Å². The molecule has 0 unspecified atom stereocenters. The fourth-order valence-corrected chi connectivity index (χ4v) is 3.23. The molecule has 0 bridgehead atoms. The molecule has 3 rings (SSSR count). The van der Waals surface area contributed by atoms with Gasteiger partial charge in [-0.25, -0.2) is 4.79 Å². The van der Waals surface area contributed by atoms with E-state index in [4.69, 9.17) is 0 Å². The Bertz CT molecular complexity index is 723. The Morgan fingerprint density at radius 2 is 2.17 bits per heavy atom. The largest absolute Gasteiger partial charge is 0.331 e. The van der Waals surface area contributed by atoms with Crippen molar-refractivity contribution >= 4 is 6.03 Å². The van der Waals surface area contributed by atoms with Gasteiger partial charge in [-0.05, 0) is 41.0 Å². The maximum absolute atomic E-state index is 12.3. The Labute approximate surface area is 141 Å². The molecule has 1 aromatic heterocycles. The van der Waals surface area contributed by atoms with Crippen molar-refractivity contribution in [2.75, 3.05) is 0 Å². The van der Waals surface area contributed by atoms with Crippen LogP contribution in [-0.2, 0) is 20.0 Å². The SMILES string of the molecule is Cn1nnc(CNC(=O)N[C@H]2CC(C)(C)CCc3ccccc32)n1. The minimum absolute atomic E-state index is 0.00789. The van der Waals surface area contributed by atoms with Crippen LogP contribution in [0.25, 0.3) is 0 Å². The number of nitrogens with zero attached hydrogens (tertiary/aromatic N) is 4. The molecule has 0 spiro atoms. The molecule has 0 saturated carbocycles. The van der Waals surface area contributed by atoms with Crippen LogP contribution in [0.4, 0.5) is 4.79 Å². The van der Waals surface area contributed by atoms with E-state index in [1.165, 1.54) is 15.9 Å². The molecule has 24 heavy (non-hydrogen) atoms. The second kappa shape index (κ2) is 6.59. The van der Waals surface area contributed by atoms with Gasteiger partial charge in [0.1, 0.15) is 0 Å². The van der Waals surface area contributed by atoms with E-state index in [-0.39, 0.29) is 24.0 Å². The van der Waals surface area contributed by atoms with Gasteiger partial charge in [0.15, 0.2) is 5.82 Å². The molecule has 0 fully saturated rings. The number of fused-ring (bicyclic) bond motifs is 1. The maximum Gasteiger partial charge on any atom is 0.315 e. The first kappa shape index (κ1) is 16.4. The summed E-state index contributed by atoms with van der Waals surface area (Å²) in [7, 11) is 1.70. The molecule has 1 heterocycles. The van der Waals surface area contributed by atoms with Crippen molar-refractivity contribution in [1.29, 1.82) is 0 Å². The van der Waals surface area contributed by atoms with Crippen molar-refractivity contribution in [2.45, 2.75) is 45.7 Å². The lowest BCUT2D eigenvalue weighted by Gasteiger charge is -2.27. The number of tetrazole rings is 1. The minimum atomic E-state index is -0.208. The number of carbonyl (C=O) groups excluding carboxylic acids is 1. The predicted octanol–water partition coefficient (Wildman–Crippen LogP) is 2.11. The lowest BCUT2D eigenvalue weighted by molar-refractivity contribution is 0.226. The first-order valence-corrected chi connectivity index (χ1v) is 8.28. The number of urea groups is 1. The highest BCUT2D eigenvalue weighted by Crippen LogP contribution is 2.39. The van der Waals surface area contributed by atoms with Gasteiger partial charge in [-0.2, -0.15) is 4.80 Å². The summed E-state index contributed by atoms with van der Waals surface area (Å²) in [5.74, 6) is 0.495. The molecule has 7 heteroatoms. The number of carbonyl (C=O) groups is 1. The fraction of sp³-hybridized carbons (Fsp3) is 0.529. The number of nitrogens with one attached hydrogen (secondary N) is 2. The van der Waals surface area contributed by atoms with Gasteiger partial charge in [-0.1, -0.05) is 38.1 Å². The first-order valence-electron chi connectivity index (χ1n) is 8.28. The van der Waals surface area contributed by atoms with Crippen LogP contribution >= 0.6 is 0 Å². The lowest BCUT2D eigenvalue weighted by Crippen LogP contribution is -2.39. The first-order chi connectivity index (χ1) is 11.4. The molecule has 7 nitrogen and oxygen atoms in total. The van der Waals surface area contributed by atoms with E-state index in [0.717, 1.165) is 19.3 Å². The van der Waals surface area contributed by atoms with Gasteiger partial charge in [0.05, 0.1) is 19.6 Å². The Morgan fingerprint density at radius 1 is 1.38 bits per heavy atom.